The molecule has 0 saturated carbocycles. The van der Waals surface area contributed by atoms with Crippen molar-refractivity contribution in [1.82, 2.24) is 5.32 Å². The Labute approximate surface area is 298 Å². The fourth-order valence-electron chi connectivity index (χ4n) is 6.56. The minimum absolute atomic E-state index is 0.356. The first kappa shape index (κ1) is 47.0. The highest BCUT2D eigenvalue weighted by molar-refractivity contribution is 5.80. The third-order valence-corrected chi connectivity index (χ3v) is 9.98. The number of aliphatic hydroxyl groups is 4. The van der Waals surface area contributed by atoms with Gasteiger partial charge >= 0.3 is 0 Å². The van der Waals surface area contributed by atoms with Gasteiger partial charge in [-0.05, 0) is 32.1 Å². The Morgan fingerprint density at radius 2 is 0.854 bits per heavy atom. The Balaban J connectivity index is 3.67. The fourth-order valence-corrected chi connectivity index (χ4v) is 6.56. The number of hydrogen-bond acceptors (Lipinski definition) is 5. The van der Waals surface area contributed by atoms with Crippen molar-refractivity contribution in [2.45, 2.75) is 244 Å². The molecule has 4 unspecified atom stereocenters. The normalized spacial score (nSPS) is 14.4. The largest absolute Gasteiger partial charge is 0.394 e. The Morgan fingerprint density at radius 1 is 0.500 bits per heavy atom. The number of carbonyl (C=O) groups excluding carboxylic acids is 1. The molecule has 0 aromatic carbocycles. The number of nitrogens with one attached hydrogen (secondary N) is 1. The molecule has 0 aromatic rings. The van der Waals surface area contributed by atoms with Crippen molar-refractivity contribution in [1.29, 1.82) is 0 Å². The first-order valence-electron chi connectivity index (χ1n) is 21.1. The molecule has 0 bridgehead atoms. The van der Waals surface area contributed by atoms with E-state index < -0.39 is 36.9 Å². The van der Waals surface area contributed by atoms with Crippen molar-refractivity contribution in [3.05, 3.63) is 12.2 Å². The van der Waals surface area contributed by atoms with Crippen LogP contribution in [0.1, 0.15) is 219 Å². The van der Waals surface area contributed by atoms with Gasteiger partial charge in [0.25, 0.3) is 0 Å². The second-order valence-electron chi connectivity index (χ2n) is 14.7. The quantitative estimate of drug-likeness (QED) is 0.0329. The maximum absolute atomic E-state index is 12.4. The molecule has 6 heteroatoms. The molecule has 0 heterocycles. The Morgan fingerprint density at radius 3 is 1.27 bits per heavy atom. The van der Waals surface area contributed by atoms with E-state index in [1.807, 2.05) is 0 Å². The Hall–Kier alpha value is -0.950. The molecule has 0 rings (SSSR count). The van der Waals surface area contributed by atoms with Crippen LogP contribution in [0.4, 0.5) is 0 Å². The van der Waals surface area contributed by atoms with E-state index in [0.717, 1.165) is 57.8 Å². The van der Waals surface area contributed by atoms with Crippen molar-refractivity contribution in [2.75, 3.05) is 6.61 Å². The minimum Gasteiger partial charge on any atom is -0.394 e. The zero-order valence-corrected chi connectivity index (χ0v) is 32.0. The van der Waals surface area contributed by atoms with Gasteiger partial charge in [0.15, 0.2) is 0 Å². The third-order valence-electron chi connectivity index (χ3n) is 9.98. The number of amides is 1. The molecule has 0 aromatic heterocycles. The van der Waals surface area contributed by atoms with Crippen LogP contribution in [0.3, 0.4) is 0 Å². The smallest absolute Gasteiger partial charge is 0.249 e. The highest BCUT2D eigenvalue weighted by atomic mass is 16.3. The number of allylic oxidation sites excluding steroid dienone is 2. The summed E-state index contributed by atoms with van der Waals surface area (Å²) in [5, 5.41) is 43.5. The van der Waals surface area contributed by atoms with Gasteiger partial charge < -0.3 is 25.7 Å². The molecule has 0 saturated heterocycles. The minimum atomic E-state index is -1.26. The van der Waals surface area contributed by atoms with Crippen LogP contribution in [-0.4, -0.2) is 57.3 Å². The summed E-state index contributed by atoms with van der Waals surface area (Å²) in [5.74, 6) is -0.594. The molecule has 48 heavy (non-hydrogen) atoms. The summed E-state index contributed by atoms with van der Waals surface area (Å²) in [4.78, 5) is 12.4. The van der Waals surface area contributed by atoms with Crippen LogP contribution in [0, 0.1) is 0 Å². The van der Waals surface area contributed by atoms with Crippen LogP contribution in [0.5, 0.6) is 0 Å². The average molecular weight is 682 g/mol. The lowest BCUT2D eigenvalue weighted by Crippen LogP contribution is -2.53. The van der Waals surface area contributed by atoms with Crippen LogP contribution < -0.4 is 5.32 Å². The summed E-state index contributed by atoms with van der Waals surface area (Å²) < 4.78 is 0. The Kier molecular flexibility index (Phi) is 36.6. The number of aliphatic hydroxyl groups excluding tert-OH is 4. The second kappa shape index (κ2) is 37.3. The van der Waals surface area contributed by atoms with Crippen LogP contribution in [0.25, 0.3) is 0 Å². The van der Waals surface area contributed by atoms with Gasteiger partial charge in [0.2, 0.25) is 5.91 Å². The summed E-state index contributed by atoms with van der Waals surface area (Å²) in [5.41, 5.74) is 0. The van der Waals surface area contributed by atoms with E-state index in [1.54, 1.807) is 0 Å². The number of rotatable bonds is 38. The predicted molar refractivity (Wildman–Crippen MR) is 205 cm³/mol. The lowest BCUT2D eigenvalue weighted by atomic mass is 9.99. The van der Waals surface area contributed by atoms with Gasteiger partial charge in [-0.1, -0.05) is 199 Å². The van der Waals surface area contributed by atoms with E-state index in [0.29, 0.717) is 12.8 Å². The van der Waals surface area contributed by atoms with E-state index in [4.69, 9.17) is 0 Å². The monoisotopic (exact) mass is 682 g/mol. The van der Waals surface area contributed by atoms with E-state index in [-0.39, 0.29) is 0 Å². The van der Waals surface area contributed by atoms with E-state index in [1.165, 1.54) is 135 Å². The van der Waals surface area contributed by atoms with Crippen LogP contribution >= 0.6 is 0 Å². The van der Waals surface area contributed by atoms with Crippen LogP contribution in [0.2, 0.25) is 0 Å². The highest BCUT2D eigenvalue weighted by Gasteiger charge is 2.28. The molecular weight excluding hydrogens is 598 g/mol. The molecule has 0 radical (unpaired) electrons. The van der Waals surface area contributed by atoms with E-state index in [9.17, 15) is 25.2 Å². The maximum atomic E-state index is 12.4. The number of carbonyl (C=O) groups is 1. The van der Waals surface area contributed by atoms with Gasteiger partial charge in [0.1, 0.15) is 12.2 Å². The van der Waals surface area contributed by atoms with Crippen LogP contribution in [-0.2, 0) is 4.79 Å². The lowest BCUT2D eigenvalue weighted by molar-refractivity contribution is -0.132. The Bertz CT molecular complexity index is 687. The standard InChI is InChI=1S/C42H83NO5/c1-3-5-7-9-11-13-15-16-17-18-19-20-21-22-23-24-25-26-28-29-31-33-35-39(45)41(47)38(37-44)43-42(48)40(46)36-34-32-30-27-14-12-10-8-6-4-2/h10,12,38-41,44-47H,3-9,11,13-37H2,1-2H3,(H,43,48)/b12-10-. The number of unbranched alkanes of at least 4 members (excludes halogenated alkanes) is 27. The summed E-state index contributed by atoms with van der Waals surface area (Å²) in [6.45, 7) is 4.00. The highest BCUT2D eigenvalue weighted by Crippen LogP contribution is 2.17. The van der Waals surface area contributed by atoms with Crippen molar-refractivity contribution >= 4 is 5.91 Å². The topological polar surface area (TPSA) is 110 Å². The zero-order valence-electron chi connectivity index (χ0n) is 32.0. The van der Waals surface area contributed by atoms with Crippen LogP contribution in [0.15, 0.2) is 12.2 Å². The predicted octanol–water partition coefficient (Wildman–Crippen LogP) is 10.6. The lowest BCUT2D eigenvalue weighted by Gasteiger charge is -2.27. The molecule has 4 atom stereocenters. The molecule has 6 nitrogen and oxygen atoms in total. The fraction of sp³-hybridized carbons (Fsp3) is 0.929. The maximum Gasteiger partial charge on any atom is 0.249 e. The van der Waals surface area contributed by atoms with Gasteiger partial charge in [-0.15, -0.1) is 0 Å². The van der Waals surface area contributed by atoms with Gasteiger partial charge in [0.05, 0.1) is 18.8 Å². The third kappa shape index (κ3) is 31.1. The molecule has 5 N–H and O–H groups in total. The van der Waals surface area contributed by atoms with Crippen molar-refractivity contribution < 1.29 is 25.2 Å². The summed E-state index contributed by atoms with van der Waals surface area (Å²) in [6, 6.07) is -0.985. The van der Waals surface area contributed by atoms with Gasteiger partial charge in [-0.2, -0.15) is 0 Å². The van der Waals surface area contributed by atoms with E-state index >= 15 is 0 Å². The first-order valence-corrected chi connectivity index (χ1v) is 21.1. The molecule has 1 amide bonds. The molecule has 0 fully saturated rings. The van der Waals surface area contributed by atoms with E-state index in [2.05, 4.69) is 31.3 Å². The molecule has 0 aliphatic rings. The summed E-state index contributed by atoms with van der Waals surface area (Å²) in [6.07, 6.45) is 39.7. The van der Waals surface area contributed by atoms with Crippen molar-refractivity contribution in [2.24, 2.45) is 0 Å². The van der Waals surface area contributed by atoms with Gasteiger partial charge in [0, 0.05) is 0 Å². The van der Waals surface area contributed by atoms with Crippen molar-refractivity contribution in [3.63, 3.8) is 0 Å². The van der Waals surface area contributed by atoms with Gasteiger partial charge in [-0.3, -0.25) is 4.79 Å². The molecule has 286 valence electrons. The SMILES string of the molecule is CCCC/C=C\CCCCCCC(O)C(=O)NC(CO)C(O)C(O)CCCCCCCCCCCCCCCCCCCCCCCC. The second-order valence-corrected chi connectivity index (χ2v) is 14.7. The number of hydrogen-bond donors (Lipinski definition) is 5. The zero-order chi connectivity index (χ0) is 35.3. The average Bonchev–Trinajstić information content (AvgIpc) is 3.09. The molecule has 0 aliphatic heterocycles. The molecule has 0 spiro atoms. The summed E-state index contributed by atoms with van der Waals surface area (Å²) >= 11 is 0. The molecule has 0 aliphatic carbocycles. The van der Waals surface area contributed by atoms with Crippen molar-refractivity contribution in [3.8, 4) is 0 Å². The summed E-state index contributed by atoms with van der Waals surface area (Å²) in [7, 11) is 0. The molecular formula is C42H83NO5. The van der Waals surface area contributed by atoms with Gasteiger partial charge in [-0.25, -0.2) is 0 Å². The first-order chi connectivity index (χ1) is 23.5.